The van der Waals surface area contributed by atoms with Gasteiger partial charge in [-0.2, -0.15) is 5.10 Å². The molecule has 0 saturated heterocycles. The van der Waals surface area contributed by atoms with E-state index in [1.165, 1.54) is 16.9 Å². The van der Waals surface area contributed by atoms with Crippen LogP contribution in [0.4, 0.5) is 17.1 Å². The smallest absolute Gasteiger partial charge is 0.338 e. The van der Waals surface area contributed by atoms with Crippen molar-refractivity contribution in [3.63, 3.8) is 0 Å². The minimum Gasteiger partial charge on any atom is -0.478 e. The number of nitro groups is 1. The van der Waals surface area contributed by atoms with Crippen LogP contribution in [0.1, 0.15) is 10.4 Å². The molecule has 0 unspecified atom stereocenters. The summed E-state index contributed by atoms with van der Waals surface area (Å²) in [6.45, 7) is 0. The van der Waals surface area contributed by atoms with E-state index in [1.54, 1.807) is 24.4 Å². The lowest BCUT2D eigenvalue weighted by molar-refractivity contribution is -0.384. The number of hydrogen-bond donors (Lipinski definition) is 2. The summed E-state index contributed by atoms with van der Waals surface area (Å²) in [5.74, 6) is -1.26. The van der Waals surface area contributed by atoms with E-state index in [9.17, 15) is 20.0 Å². The number of rotatable bonds is 5. The highest BCUT2D eigenvalue weighted by atomic mass is 127. The predicted octanol–water partition coefficient (Wildman–Crippen LogP) is 3.83. The molecule has 0 atom stereocenters. The summed E-state index contributed by atoms with van der Waals surface area (Å²) in [4.78, 5) is 22.3. The summed E-state index contributed by atoms with van der Waals surface area (Å²) < 4.78 is 2.35. The highest BCUT2D eigenvalue weighted by Crippen LogP contribution is 2.31. The van der Waals surface area contributed by atoms with E-state index in [0.29, 0.717) is 5.69 Å². The zero-order valence-electron chi connectivity index (χ0n) is 12.6. The lowest BCUT2D eigenvalue weighted by Crippen LogP contribution is -2.08. The molecular weight excluding hydrogens is 439 g/mol. The molecule has 0 spiro atoms. The second-order valence-corrected chi connectivity index (χ2v) is 6.28. The molecule has 1 heterocycles. The number of carboxylic acids is 1. The molecule has 0 amide bonds. The van der Waals surface area contributed by atoms with Crippen LogP contribution in [0.2, 0.25) is 0 Å². The molecule has 0 aliphatic heterocycles. The topological polar surface area (TPSA) is 110 Å². The highest BCUT2D eigenvalue weighted by Gasteiger charge is 2.23. The molecule has 0 saturated carbocycles. The second kappa shape index (κ2) is 6.89. The quantitative estimate of drug-likeness (QED) is 0.348. The lowest BCUT2D eigenvalue weighted by atomic mass is 10.1. The Morgan fingerprint density at radius 1 is 1.28 bits per heavy atom. The zero-order chi connectivity index (χ0) is 18.0. The molecule has 2 N–H and O–H groups in total. The van der Waals surface area contributed by atoms with Gasteiger partial charge in [-0.05, 0) is 59.0 Å². The number of hydrogen-bond acceptors (Lipinski definition) is 5. The van der Waals surface area contributed by atoms with Gasteiger partial charge in [-0.3, -0.25) is 10.1 Å². The largest absolute Gasteiger partial charge is 0.478 e. The van der Waals surface area contributed by atoms with Crippen LogP contribution in [-0.2, 0) is 0 Å². The number of nitrogens with zero attached hydrogens (tertiary/aromatic N) is 3. The summed E-state index contributed by atoms with van der Waals surface area (Å²) >= 11 is 2.16. The molecule has 0 aliphatic carbocycles. The minimum absolute atomic E-state index is 0.174. The first-order chi connectivity index (χ1) is 12.0. The summed E-state index contributed by atoms with van der Waals surface area (Å²) in [5.41, 5.74) is 0.552. The number of nitro benzene ring substituents is 1. The Kier molecular flexibility index (Phi) is 4.65. The first kappa shape index (κ1) is 16.9. The average Bonchev–Trinajstić information content (AvgIpc) is 3.10. The normalized spacial score (nSPS) is 10.4. The van der Waals surface area contributed by atoms with Crippen LogP contribution in [-0.4, -0.2) is 25.8 Å². The van der Waals surface area contributed by atoms with Crippen molar-refractivity contribution in [1.29, 1.82) is 0 Å². The van der Waals surface area contributed by atoms with Gasteiger partial charge in [-0.25, -0.2) is 9.48 Å². The number of nitrogens with one attached hydrogen (secondary N) is 1. The summed E-state index contributed by atoms with van der Waals surface area (Å²) in [6.07, 6.45) is 3.04. The van der Waals surface area contributed by atoms with E-state index in [4.69, 9.17) is 0 Å². The summed E-state index contributed by atoms with van der Waals surface area (Å²) in [6, 6.07) is 11.4. The minimum atomic E-state index is -1.26. The van der Waals surface area contributed by atoms with E-state index in [2.05, 4.69) is 33.0 Å². The molecule has 0 aliphatic rings. The van der Waals surface area contributed by atoms with E-state index in [1.807, 2.05) is 12.1 Å². The maximum absolute atomic E-state index is 11.6. The van der Waals surface area contributed by atoms with Gasteiger partial charge in [-0.15, -0.1) is 0 Å². The Morgan fingerprint density at radius 2 is 2.00 bits per heavy atom. The number of carbonyl (C=O) groups is 1. The number of anilines is 2. The Hall–Kier alpha value is -2.95. The number of halogens is 1. The molecule has 8 nitrogen and oxygen atoms in total. The fraction of sp³-hybridized carbons (Fsp3) is 0. The van der Waals surface area contributed by atoms with Crippen LogP contribution in [0.5, 0.6) is 0 Å². The van der Waals surface area contributed by atoms with Gasteiger partial charge in [0, 0.05) is 27.7 Å². The van der Waals surface area contributed by atoms with Crippen LogP contribution < -0.4 is 5.32 Å². The maximum Gasteiger partial charge on any atom is 0.338 e. The zero-order valence-corrected chi connectivity index (χ0v) is 14.7. The Labute approximate surface area is 155 Å². The Bertz CT molecular complexity index is 940. The van der Waals surface area contributed by atoms with E-state index < -0.39 is 10.9 Å². The first-order valence-corrected chi connectivity index (χ1v) is 8.12. The van der Waals surface area contributed by atoms with Crippen molar-refractivity contribution in [1.82, 2.24) is 9.78 Å². The van der Waals surface area contributed by atoms with Crippen LogP contribution >= 0.6 is 22.6 Å². The van der Waals surface area contributed by atoms with Crippen molar-refractivity contribution in [2.75, 3.05) is 5.32 Å². The third-order valence-corrected chi connectivity index (χ3v) is 4.14. The molecule has 2 aromatic carbocycles. The van der Waals surface area contributed by atoms with Gasteiger partial charge in [-0.1, -0.05) is 0 Å². The van der Waals surface area contributed by atoms with E-state index in [-0.39, 0.29) is 22.6 Å². The predicted molar refractivity (Wildman–Crippen MR) is 99.6 cm³/mol. The molecule has 25 heavy (non-hydrogen) atoms. The third kappa shape index (κ3) is 3.60. The second-order valence-electron chi connectivity index (χ2n) is 5.03. The molecule has 1 aromatic heterocycles. The van der Waals surface area contributed by atoms with Gasteiger partial charge in [0.05, 0.1) is 16.2 Å². The van der Waals surface area contributed by atoms with Crippen molar-refractivity contribution in [3.05, 3.63) is 74.1 Å². The van der Waals surface area contributed by atoms with Crippen molar-refractivity contribution >= 4 is 45.6 Å². The lowest BCUT2D eigenvalue weighted by Gasteiger charge is -2.12. The summed E-state index contributed by atoms with van der Waals surface area (Å²) in [5, 5.41) is 27.8. The first-order valence-electron chi connectivity index (χ1n) is 7.04. The fourth-order valence-electron chi connectivity index (χ4n) is 2.29. The molecule has 3 rings (SSSR count). The Balaban J connectivity index is 2.15. The monoisotopic (exact) mass is 450 g/mol. The average molecular weight is 450 g/mol. The van der Waals surface area contributed by atoms with Gasteiger partial charge < -0.3 is 10.4 Å². The SMILES string of the molecule is O=C(O)c1cc([N+](=O)[O-])c(-n2cccn2)cc1Nc1ccc(I)cc1. The fourth-order valence-corrected chi connectivity index (χ4v) is 2.65. The van der Waals surface area contributed by atoms with Crippen molar-refractivity contribution < 1.29 is 14.8 Å². The van der Waals surface area contributed by atoms with Crippen molar-refractivity contribution in [3.8, 4) is 5.69 Å². The summed E-state index contributed by atoms with van der Waals surface area (Å²) in [7, 11) is 0. The van der Waals surface area contributed by atoms with Gasteiger partial charge >= 0.3 is 5.97 Å². The van der Waals surface area contributed by atoms with E-state index in [0.717, 1.165) is 9.64 Å². The number of aromatic carboxylic acids is 1. The highest BCUT2D eigenvalue weighted by molar-refractivity contribution is 14.1. The maximum atomic E-state index is 11.6. The van der Waals surface area contributed by atoms with Gasteiger partial charge in [0.25, 0.3) is 5.69 Å². The number of benzene rings is 2. The van der Waals surface area contributed by atoms with Gasteiger partial charge in [0.15, 0.2) is 0 Å². The van der Waals surface area contributed by atoms with Crippen molar-refractivity contribution in [2.24, 2.45) is 0 Å². The van der Waals surface area contributed by atoms with Crippen LogP contribution in [0.3, 0.4) is 0 Å². The Morgan fingerprint density at radius 3 is 2.56 bits per heavy atom. The van der Waals surface area contributed by atoms with E-state index >= 15 is 0 Å². The van der Waals surface area contributed by atoms with Crippen molar-refractivity contribution in [2.45, 2.75) is 0 Å². The van der Waals surface area contributed by atoms with Crippen LogP contribution in [0.25, 0.3) is 5.69 Å². The standard InChI is InChI=1S/C16H11IN4O4/c17-10-2-4-11(5-3-10)19-13-9-14(20-7-1-6-18-20)15(21(24)25)8-12(13)16(22)23/h1-9,19H,(H,22,23). The van der Waals surface area contributed by atoms with Crippen LogP contribution in [0.15, 0.2) is 54.9 Å². The van der Waals surface area contributed by atoms with Crippen LogP contribution in [0, 0.1) is 13.7 Å². The molecule has 0 fully saturated rings. The third-order valence-electron chi connectivity index (χ3n) is 3.42. The molecule has 0 radical (unpaired) electrons. The molecule has 9 heteroatoms. The molecular formula is C16H11IN4O4. The number of aromatic nitrogens is 2. The molecule has 3 aromatic rings. The van der Waals surface area contributed by atoms with Gasteiger partial charge in [0.1, 0.15) is 5.69 Å². The molecule has 126 valence electrons. The molecule has 0 bridgehead atoms. The van der Waals surface area contributed by atoms with Gasteiger partial charge in [0.2, 0.25) is 0 Å². The number of carboxylic acid groups (broad SMARTS) is 1.